The molecule has 0 saturated heterocycles. The van der Waals surface area contributed by atoms with E-state index in [0.717, 1.165) is 0 Å². The molecular weight excluding hydrogens is 264 g/mol. The third-order valence-corrected chi connectivity index (χ3v) is 2.55. The third-order valence-electron chi connectivity index (χ3n) is 2.31. The van der Waals surface area contributed by atoms with Crippen LogP contribution in [0, 0.1) is 0 Å². The van der Waals surface area contributed by atoms with E-state index in [9.17, 15) is 9.59 Å². The maximum atomic E-state index is 12.1. The zero-order valence-corrected chi connectivity index (χ0v) is 12.4. The fraction of sp³-hybridized carbons (Fsp3) is 0.429. The second-order valence-electron chi connectivity index (χ2n) is 5.47. The first-order chi connectivity index (χ1) is 8.69. The molecule has 0 heterocycles. The van der Waals surface area contributed by atoms with Crippen molar-refractivity contribution in [1.29, 1.82) is 0 Å². The number of rotatable bonds is 3. The van der Waals surface area contributed by atoms with Crippen molar-refractivity contribution in [2.75, 3.05) is 13.6 Å². The van der Waals surface area contributed by atoms with Crippen molar-refractivity contribution in [1.82, 2.24) is 10.2 Å². The molecule has 1 aromatic rings. The Morgan fingerprint density at radius 2 is 1.95 bits per heavy atom. The number of nitrogens with one attached hydrogen (secondary N) is 1. The summed E-state index contributed by atoms with van der Waals surface area (Å²) in [6, 6.07) is 6.66. The van der Waals surface area contributed by atoms with Crippen LogP contribution in [0.3, 0.4) is 0 Å². The lowest BCUT2D eigenvalue weighted by molar-refractivity contribution is -0.122. The fourth-order valence-corrected chi connectivity index (χ4v) is 1.78. The number of amides is 2. The van der Waals surface area contributed by atoms with Gasteiger partial charge in [0.15, 0.2) is 0 Å². The summed E-state index contributed by atoms with van der Waals surface area (Å²) in [7, 11) is 1.59. The minimum absolute atomic E-state index is 0.0165. The first-order valence-corrected chi connectivity index (χ1v) is 6.39. The molecule has 19 heavy (non-hydrogen) atoms. The number of carbonyl (C=O) groups is 2. The third kappa shape index (κ3) is 5.30. The average molecular weight is 283 g/mol. The molecule has 4 nitrogen and oxygen atoms in total. The van der Waals surface area contributed by atoms with Crippen molar-refractivity contribution in [3.8, 4) is 0 Å². The molecule has 0 aliphatic heterocycles. The molecule has 1 aromatic carbocycles. The lowest BCUT2D eigenvalue weighted by atomic mass is 10.1. The maximum absolute atomic E-state index is 12.1. The summed E-state index contributed by atoms with van der Waals surface area (Å²) in [6.45, 7) is 5.69. The van der Waals surface area contributed by atoms with Crippen molar-refractivity contribution >= 4 is 23.4 Å². The highest BCUT2D eigenvalue weighted by Gasteiger charge is 2.18. The molecule has 0 aromatic heterocycles. The van der Waals surface area contributed by atoms with Crippen LogP contribution in [0.15, 0.2) is 24.3 Å². The number of likely N-dealkylation sites (N-methyl/N-ethyl adjacent to an activating group) is 1. The molecule has 5 heteroatoms. The molecule has 0 unspecified atom stereocenters. The predicted octanol–water partition coefficient (Wildman–Crippen LogP) is 2.33. The molecular formula is C14H19ClN2O2. The summed E-state index contributed by atoms with van der Waals surface area (Å²) in [6.07, 6.45) is 0. The molecule has 0 radical (unpaired) electrons. The van der Waals surface area contributed by atoms with E-state index in [0.29, 0.717) is 10.6 Å². The number of hydrogen-bond acceptors (Lipinski definition) is 2. The van der Waals surface area contributed by atoms with Gasteiger partial charge < -0.3 is 10.2 Å². The van der Waals surface area contributed by atoms with Crippen LogP contribution in [-0.2, 0) is 4.79 Å². The number of nitrogens with zero attached hydrogens (tertiary/aromatic N) is 1. The molecule has 1 N–H and O–H groups in total. The molecule has 0 atom stereocenters. The Morgan fingerprint density at radius 3 is 2.47 bits per heavy atom. The Labute approximate surface area is 118 Å². The topological polar surface area (TPSA) is 49.4 Å². The van der Waals surface area contributed by atoms with Gasteiger partial charge in [-0.05, 0) is 39.0 Å². The quantitative estimate of drug-likeness (QED) is 0.925. The number of benzene rings is 1. The van der Waals surface area contributed by atoms with Crippen LogP contribution in [0.2, 0.25) is 5.02 Å². The minimum atomic E-state index is -0.309. The van der Waals surface area contributed by atoms with Gasteiger partial charge in [-0.1, -0.05) is 17.7 Å². The van der Waals surface area contributed by atoms with Gasteiger partial charge in [0.25, 0.3) is 5.91 Å². The van der Waals surface area contributed by atoms with Gasteiger partial charge in [0.1, 0.15) is 0 Å². The Morgan fingerprint density at radius 1 is 1.32 bits per heavy atom. The smallest absolute Gasteiger partial charge is 0.254 e. The summed E-state index contributed by atoms with van der Waals surface area (Å²) < 4.78 is 0. The monoisotopic (exact) mass is 282 g/mol. The lowest BCUT2D eigenvalue weighted by Crippen LogP contribution is -2.46. The van der Waals surface area contributed by atoms with Crippen LogP contribution in [0.1, 0.15) is 31.1 Å². The molecule has 0 bridgehead atoms. The van der Waals surface area contributed by atoms with Crippen LogP contribution >= 0.6 is 11.6 Å². The van der Waals surface area contributed by atoms with E-state index < -0.39 is 0 Å². The fourth-order valence-electron chi connectivity index (χ4n) is 1.59. The van der Waals surface area contributed by atoms with E-state index in [1.54, 1.807) is 31.3 Å². The molecule has 0 fully saturated rings. The van der Waals surface area contributed by atoms with E-state index in [2.05, 4.69) is 5.32 Å². The van der Waals surface area contributed by atoms with Crippen molar-refractivity contribution in [3.63, 3.8) is 0 Å². The van der Waals surface area contributed by atoms with E-state index in [1.807, 2.05) is 20.8 Å². The van der Waals surface area contributed by atoms with Gasteiger partial charge in [-0.2, -0.15) is 0 Å². The molecule has 2 amide bonds. The van der Waals surface area contributed by atoms with E-state index in [4.69, 9.17) is 11.6 Å². The van der Waals surface area contributed by atoms with Crippen LogP contribution < -0.4 is 5.32 Å². The Balaban J connectivity index is 2.66. The van der Waals surface area contributed by atoms with Gasteiger partial charge in [-0.25, -0.2) is 0 Å². The van der Waals surface area contributed by atoms with Crippen molar-refractivity contribution < 1.29 is 9.59 Å². The van der Waals surface area contributed by atoms with Gasteiger partial charge in [0.05, 0.1) is 6.54 Å². The minimum Gasteiger partial charge on any atom is -0.350 e. The largest absolute Gasteiger partial charge is 0.350 e. The summed E-state index contributed by atoms with van der Waals surface area (Å²) in [4.78, 5) is 25.2. The van der Waals surface area contributed by atoms with Crippen LogP contribution in [-0.4, -0.2) is 35.8 Å². The zero-order chi connectivity index (χ0) is 14.6. The molecule has 0 saturated carbocycles. The van der Waals surface area contributed by atoms with E-state index >= 15 is 0 Å². The molecule has 1 rings (SSSR count). The average Bonchev–Trinajstić information content (AvgIpc) is 2.25. The first kappa shape index (κ1) is 15.5. The van der Waals surface area contributed by atoms with Gasteiger partial charge >= 0.3 is 0 Å². The lowest BCUT2D eigenvalue weighted by Gasteiger charge is -2.23. The number of hydrogen-bond donors (Lipinski definition) is 1. The highest BCUT2D eigenvalue weighted by atomic mass is 35.5. The predicted molar refractivity (Wildman–Crippen MR) is 76.3 cm³/mol. The van der Waals surface area contributed by atoms with Gasteiger partial charge in [-0.15, -0.1) is 0 Å². The first-order valence-electron chi connectivity index (χ1n) is 6.01. The van der Waals surface area contributed by atoms with Gasteiger partial charge in [0.2, 0.25) is 5.91 Å². The van der Waals surface area contributed by atoms with Gasteiger partial charge in [-0.3, -0.25) is 9.59 Å². The summed E-state index contributed by atoms with van der Waals surface area (Å²) >= 11 is 5.84. The van der Waals surface area contributed by atoms with Crippen molar-refractivity contribution in [3.05, 3.63) is 34.9 Å². The van der Waals surface area contributed by atoms with Gasteiger partial charge in [0, 0.05) is 23.2 Å². The van der Waals surface area contributed by atoms with E-state index in [1.165, 1.54) is 4.90 Å². The Kier molecular flexibility index (Phi) is 4.95. The second kappa shape index (κ2) is 6.06. The Bertz CT molecular complexity index is 481. The van der Waals surface area contributed by atoms with E-state index in [-0.39, 0.29) is 23.9 Å². The summed E-state index contributed by atoms with van der Waals surface area (Å²) in [5.41, 5.74) is 0.162. The standard InChI is InChI=1S/C14H19ClN2O2/c1-14(2,3)16-12(18)9-17(4)13(19)10-6-5-7-11(15)8-10/h5-8H,9H2,1-4H3,(H,16,18). The molecule has 0 spiro atoms. The highest BCUT2D eigenvalue weighted by Crippen LogP contribution is 2.12. The normalized spacial score (nSPS) is 11.0. The maximum Gasteiger partial charge on any atom is 0.254 e. The highest BCUT2D eigenvalue weighted by molar-refractivity contribution is 6.30. The number of carbonyl (C=O) groups excluding carboxylic acids is 2. The zero-order valence-electron chi connectivity index (χ0n) is 11.7. The van der Waals surface area contributed by atoms with Crippen LogP contribution in [0.4, 0.5) is 0 Å². The molecule has 0 aliphatic carbocycles. The van der Waals surface area contributed by atoms with Crippen molar-refractivity contribution in [2.24, 2.45) is 0 Å². The molecule has 104 valence electrons. The summed E-state index contributed by atoms with van der Waals surface area (Å²) in [5.74, 6) is -0.420. The Hall–Kier alpha value is -1.55. The van der Waals surface area contributed by atoms with Crippen molar-refractivity contribution in [2.45, 2.75) is 26.3 Å². The van der Waals surface area contributed by atoms with Crippen LogP contribution in [0.25, 0.3) is 0 Å². The van der Waals surface area contributed by atoms with Crippen LogP contribution in [0.5, 0.6) is 0 Å². The SMILES string of the molecule is CN(CC(=O)NC(C)(C)C)C(=O)c1cccc(Cl)c1. The second-order valence-corrected chi connectivity index (χ2v) is 5.91. The summed E-state index contributed by atoms with van der Waals surface area (Å²) in [5, 5.41) is 3.31. The molecule has 0 aliphatic rings. The number of halogens is 1.